The smallest absolute Gasteiger partial charge is 0.227 e. The summed E-state index contributed by atoms with van der Waals surface area (Å²) in [5, 5.41) is 3.18. The van der Waals surface area contributed by atoms with E-state index in [9.17, 15) is 22.0 Å². The second-order valence-electron chi connectivity index (χ2n) is 11.7. The minimum atomic E-state index is -3.48. The molecule has 3 aromatic rings. The highest BCUT2D eigenvalue weighted by molar-refractivity contribution is 7.91. The van der Waals surface area contributed by atoms with Crippen LogP contribution in [0.4, 0.5) is 20.4 Å². The Hall–Kier alpha value is -2.95. The Kier molecular flexibility index (Phi) is 9.45. The Morgan fingerprint density at radius 1 is 1.10 bits per heavy atom. The Morgan fingerprint density at radius 3 is 2.46 bits per heavy atom. The SMILES string of the molecule is CN1CCC(CC(=O)c2ccc(Nc3ncc(F)c(Cc4ccc(Cl)c(CS(=O)(=O)C(C)(C)C)c4)n3)cc2F)CC1. The minimum absolute atomic E-state index is 0.0437. The summed E-state index contributed by atoms with van der Waals surface area (Å²) >= 11 is 6.27. The zero-order chi connectivity index (χ0) is 29.9. The van der Waals surface area contributed by atoms with E-state index in [4.69, 9.17) is 11.6 Å². The van der Waals surface area contributed by atoms with Crippen LogP contribution in [0.2, 0.25) is 5.02 Å². The maximum atomic E-state index is 14.9. The second-order valence-corrected chi connectivity index (χ2v) is 14.8. The molecule has 0 unspecified atom stereocenters. The Labute approximate surface area is 245 Å². The van der Waals surface area contributed by atoms with Gasteiger partial charge in [0.15, 0.2) is 21.4 Å². The third-order valence-corrected chi connectivity index (χ3v) is 10.3. The van der Waals surface area contributed by atoms with E-state index in [1.807, 2.05) is 7.05 Å². The fourth-order valence-corrected chi connectivity index (χ4v) is 5.98. The number of ketones is 1. The van der Waals surface area contributed by atoms with Crippen molar-refractivity contribution in [2.75, 3.05) is 25.5 Å². The van der Waals surface area contributed by atoms with Crippen LogP contribution in [0, 0.1) is 17.6 Å². The van der Waals surface area contributed by atoms with Gasteiger partial charge in [-0.1, -0.05) is 23.7 Å². The number of Topliss-reactive ketones (excluding diaryl/α,β-unsaturated/α-hetero) is 1. The van der Waals surface area contributed by atoms with Crippen molar-refractivity contribution in [3.63, 3.8) is 0 Å². The molecule has 0 amide bonds. The Bertz CT molecular complexity index is 1540. The number of carbonyl (C=O) groups excluding carboxylic acids is 1. The number of hydrogen-bond acceptors (Lipinski definition) is 7. The predicted molar refractivity (Wildman–Crippen MR) is 157 cm³/mol. The van der Waals surface area contributed by atoms with Gasteiger partial charge in [-0.25, -0.2) is 27.2 Å². The maximum absolute atomic E-state index is 14.9. The van der Waals surface area contributed by atoms with Crippen LogP contribution < -0.4 is 5.32 Å². The van der Waals surface area contributed by atoms with Crippen molar-refractivity contribution in [2.24, 2.45) is 5.92 Å². The highest BCUT2D eigenvalue weighted by atomic mass is 35.5. The molecular formula is C30H35ClF2N4O3S. The number of halogens is 3. The van der Waals surface area contributed by atoms with E-state index < -0.39 is 26.2 Å². The maximum Gasteiger partial charge on any atom is 0.227 e. The molecule has 4 rings (SSSR count). The summed E-state index contributed by atoms with van der Waals surface area (Å²) in [5.74, 6) is -1.45. The molecule has 2 aromatic carbocycles. The molecule has 0 bridgehead atoms. The lowest BCUT2D eigenvalue weighted by molar-refractivity contribution is 0.0932. The van der Waals surface area contributed by atoms with E-state index in [2.05, 4.69) is 20.2 Å². The quantitative estimate of drug-likeness (QED) is 0.284. The molecule has 1 saturated heterocycles. The van der Waals surface area contributed by atoms with Gasteiger partial charge in [-0.2, -0.15) is 0 Å². The molecule has 0 radical (unpaired) electrons. The largest absolute Gasteiger partial charge is 0.324 e. The summed E-state index contributed by atoms with van der Waals surface area (Å²) in [6.45, 7) is 6.73. The number of likely N-dealkylation sites (tertiary alicyclic amines) is 1. The standard InChI is InChI=1S/C30H35ClF2N4O3S/c1-30(2,3)41(39,40)18-21-13-20(5-8-24(21)31)14-27-26(33)17-34-29(36-27)35-22-6-7-23(25(32)16-22)28(38)15-19-9-11-37(4)12-10-19/h5-8,13,16-17,19H,9-12,14-15,18H2,1-4H3,(H,34,35,36). The zero-order valence-electron chi connectivity index (χ0n) is 23.7. The Morgan fingerprint density at radius 2 is 1.80 bits per heavy atom. The topological polar surface area (TPSA) is 92.3 Å². The molecule has 41 heavy (non-hydrogen) atoms. The first-order chi connectivity index (χ1) is 19.2. The fraction of sp³-hybridized carbons (Fsp3) is 0.433. The molecule has 1 aliphatic heterocycles. The van der Waals surface area contributed by atoms with Crippen LogP contribution in [-0.4, -0.2) is 54.0 Å². The summed E-state index contributed by atoms with van der Waals surface area (Å²) in [5.41, 5.74) is 1.47. The van der Waals surface area contributed by atoms with Gasteiger partial charge >= 0.3 is 0 Å². The highest BCUT2D eigenvalue weighted by Gasteiger charge is 2.30. The van der Waals surface area contributed by atoms with E-state index in [1.54, 1.807) is 45.0 Å². The molecule has 1 N–H and O–H groups in total. The van der Waals surface area contributed by atoms with Gasteiger partial charge in [-0.15, -0.1) is 0 Å². The van der Waals surface area contributed by atoms with Gasteiger partial charge in [-0.05, 0) is 95.1 Å². The van der Waals surface area contributed by atoms with E-state index in [0.717, 1.165) is 32.1 Å². The zero-order valence-corrected chi connectivity index (χ0v) is 25.2. The summed E-state index contributed by atoms with van der Waals surface area (Å²) in [6, 6.07) is 9.12. The molecule has 1 fully saturated rings. The molecule has 0 atom stereocenters. The average Bonchev–Trinajstić information content (AvgIpc) is 2.88. The molecule has 220 valence electrons. The van der Waals surface area contributed by atoms with Crippen LogP contribution in [0.25, 0.3) is 0 Å². The van der Waals surface area contributed by atoms with E-state index >= 15 is 0 Å². The van der Waals surface area contributed by atoms with Gasteiger partial charge in [0.05, 0.1) is 28.0 Å². The van der Waals surface area contributed by atoms with E-state index in [-0.39, 0.29) is 41.1 Å². The molecule has 7 nitrogen and oxygen atoms in total. The Balaban J connectivity index is 1.46. The van der Waals surface area contributed by atoms with Crippen LogP contribution in [-0.2, 0) is 22.0 Å². The van der Waals surface area contributed by atoms with Crippen LogP contribution >= 0.6 is 11.6 Å². The minimum Gasteiger partial charge on any atom is -0.324 e. The number of aromatic nitrogens is 2. The lowest BCUT2D eigenvalue weighted by atomic mass is 9.90. The normalized spacial score (nSPS) is 15.2. The number of benzene rings is 2. The number of rotatable bonds is 9. The van der Waals surface area contributed by atoms with E-state index in [0.29, 0.717) is 28.3 Å². The first-order valence-electron chi connectivity index (χ1n) is 13.5. The van der Waals surface area contributed by atoms with Gasteiger partial charge in [0.1, 0.15) is 5.82 Å². The number of nitrogens with zero attached hydrogens (tertiary/aromatic N) is 3. The summed E-state index contributed by atoms with van der Waals surface area (Å²) in [4.78, 5) is 23.2. The predicted octanol–water partition coefficient (Wildman–Crippen LogP) is 6.37. The van der Waals surface area contributed by atoms with Crippen molar-refractivity contribution in [3.8, 4) is 0 Å². The highest BCUT2D eigenvalue weighted by Crippen LogP contribution is 2.28. The molecule has 2 heterocycles. The molecule has 1 aromatic heterocycles. The third kappa shape index (κ3) is 7.87. The molecule has 0 aliphatic carbocycles. The van der Waals surface area contributed by atoms with Gasteiger partial charge in [-0.3, -0.25) is 4.79 Å². The number of nitrogens with one attached hydrogen (secondary N) is 1. The lowest BCUT2D eigenvalue weighted by Crippen LogP contribution is -2.31. The summed E-state index contributed by atoms with van der Waals surface area (Å²) in [7, 11) is -1.43. The molecular weight excluding hydrogens is 570 g/mol. The van der Waals surface area contributed by atoms with Crippen molar-refractivity contribution in [2.45, 2.75) is 57.0 Å². The fourth-order valence-electron chi connectivity index (χ4n) is 4.64. The van der Waals surface area contributed by atoms with Crippen molar-refractivity contribution >= 4 is 38.9 Å². The molecule has 0 spiro atoms. The van der Waals surface area contributed by atoms with Crippen molar-refractivity contribution < 1.29 is 22.0 Å². The third-order valence-electron chi connectivity index (χ3n) is 7.41. The number of hydrogen-bond donors (Lipinski definition) is 1. The lowest BCUT2D eigenvalue weighted by Gasteiger charge is -2.28. The van der Waals surface area contributed by atoms with Gasteiger partial charge < -0.3 is 10.2 Å². The summed E-state index contributed by atoms with van der Waals surface area (Å²) in [6.07, 6.45) is 3.22. The molecule has 1 aliphatic rings. The number of anilines is 2. The van der Waals surface area contributed by atoms with Gasteiger partial charge in [0.2, 0.25) is 5.95 Å². The first kappa shape index (κ1) is 31.0. The van der Waals surface area contributed by atoms with Crippen LogP contribution in [0.1, 0.15) is 67.2 Å². The van der Waals surface area contributed by atoms with Crippen LogP contribution in [0.3, 0.4) is 0 Å². The van der Waals surface area contributed by atoms with Crippen molar-refractivity contribution in [1.82, 2.24) is 14.9 Å². The second kappa shape index (κ2) is 12.5. The van der Waals surface area contributed by atoms with Crippen LogP contribution in [0.5, 0.6) is 0 Å². The molecule has 0 saturated carbocycles. The van der Waals surface area contributed by atoms with Gasteiger partial charge in [0, 0.05) is 23.6 Å². The number of carbonyl (C=O) groups is 1. The summed E-state index contributed by atoms with van der Waals surface area (Å²) < 4.78 is 54.0. The van der Waals surface area contributed by atoms with E-state index in [1.165, 1.54) is 12.1 Å². The van der Waals surface area contributed by atoms with Crippen molar-refractivity contribution in [3.05, 3.63) is 81.6 Å². The van der Waals surface area contributed by atoms with Crippen molar-refractivity contribution in [1.29, 1.82) is 0 Å². The first-order valence-corrected chi connectivity index (χ1v) is 15.5. The average molecular weight is 605 g/mol. The van der Waals surface area contributed by atoms with Crippen LogP contribution in [0.15, 0.2) is 42.6 Å². The monoisotopic (exact) mass is 604 g/mol. The van der Waals surface area contributed by atoms with Gasteiger partial charge in [0.25, 0.3) is 0 Å². The number of sulfone groups is 1. The number of piperidine rings is 1. The molecule has 11 heteroatoms.